The summed E-state index contributed by atoms with van der Waals surface area (Å²) in [7, 11) is 0. The molecular weight excluding hydrogens is 234 g/mol. The van der Waals surface area contributed by atoms with E-state index in [4.69, 9.17) is 9.02 Å². The van der Waals surface area contributed by atoms with Crippen LogP contribution in [0.15, 0.2) is 41.3 Å². The Balaban J connectivity index is 2.53. The quantitative estimate of drug-likeness (QED) is 0.670. The molecule has 0 saturated heterocycles. The lowest BCUT2D eigenvalue weighted by Gasteiger charge is -2.13. The molecule has 2 rings (SSSR count). The van der Waals surface area contributed by atoms with Crippen LogP contribution >= 0.6 is 12.0 Å². The van der Waals surface area contributed by atoms with Gasteiger partial charge in [-0.2, -0.15) is 5.90 Å². The Bertz CT molecular complexity index is 514. The zero-order valence-electron chi connectivity index (χ0n) is 9.97. The average Bonchev–Trinajstić information content (AvgIpc) is 2.30. The molecule has 90 valence electrons. The number of fused-ring (bicyclic) bond motifs is 1. The topological polar surface area (TPSA) is 46.1 Å². The van der Waals surface area contributed by atoms with Crippen molar-refractivity contribution in [3.8, 4) is 5.75 Å². The van der Waals surface area contributed by atoms with Crippen molar-refractivity contribution in [3.63, 3.8) is 0 Å². The maximum Gasteiger partial charge on any atom is 0.127 e. The molecule has 2 aromatic carbocycles. The van der Waals surface area contributed by atoms with Gasteiger partial charge in [-0.15, -0.1) is 4.28 Å². The molecule has 0 aliphatic carbocycles. The van der Waals surface area contributed by atoms with Crippen molar-refractivity contribution in [2.45, 2.75) is 24.8 Å². The molecule has 4 heteroatoms. The number of hydrogen-bond donors (Lipinski definition) is 1. The van der Waals surface area contributed by atoms with Gasteiger partial charge >= 0.3 is 0 Å². The normalized spacial score (nSPS) is 11.1. The summed E-state index contributed by atoms with van der Waals surface area (Å²) in [6.45, 7) is 4.05. The third-order valence-corrected chi connectivity index (χ3v) is 3.01. The minimum Gasteiger partial charge on any atom is -0.490 e. The van der Waals surface area contributed by atoms with Crippen molar-refractivity contribution in [2.24, 2.45) is 0 Å². The van der Waals surface area contributed by atoms with Gasteiger partial charge in [0.2, 0.25) is 0 Å². The molecule has 0 spiro atoms. The summed E-state index contributed by atoms with van der Waals surface area (Å²) in [4.78, 5) is 1.05. The van der Waals surface area contributed by atoms with Gasteiger partial charge in [-0.1, -0.05) is 24.3 Å². The van der Waals surface area contributed by atoms with Crippen LogP contribution in [0.4, 0.5) is 0 Å². The van der Waals surface area contributed by atoms with Crippen LogP contribution in [0.25, 0.3) is 10.8 Å². The Hall–Kier alpha value is -1.23. The number of hydrogen-bond acceptors (Lipinski definition) is 3. The van der Waals surface area contributed by atoms with Crippen molar-refractivity contribution in [1.82, 2.24) is 0 Å². The summed E-state index contributed by atoms with van der Waals surface area (Å²) in [5.41, 5.74) is 0. The highest BCUT2D eigenvalue weighted by Gasteiger charge is 2.08. The highest BCUT2D eigenvalue weighted by atomic mass is 32.2. The lowest BCUT2D eigenvalue weighted by atomic mass is 10.1. The van der Waals surface area contributed by atoms with Gasteiger partial charge in [0.05, 0.1) is 18.1 Å². The van der Waals surface area contributed by atoms with Gasteiger partial charge in [0.15, 0.2) is 0 Å². The van der Waals surface area contributed by atoms with Crippen molar-refractivity contribution < 1.29 is 14.9 Å². The number of benzene rings is 2. The van der Waals surface area contributed by atoms with E-state index in [-0.39, 0.29) is 6.10 Å². The summed E-state index contributed by atoms with van der Waals surface area (Å²) < 4.78 is 10.7. The molecule has 17 heavy (non-hydrogen) atoms. The lowest BCUT2D eigenvalue weighted by Crippen LogP contribution is -2.45. The predicted octanol–water partition coefficient (Wildman–Crippen LogP) is 2.81. The monoisotopic (exact) mass is 250 g/mol. The third-order valence-electron chi connectivity index (χ3n) is 2.35. The van der Waals surface area contributed by atoms with E-state index in [1.54, 1.807) is 0 Å². The number of ether oxygens (including phenoxy) is 1. The van der Waals surface area contributed by atoms with E-state index in [1.807, 2.05) is 38.1 Å². The first-order chi connectivity index (χ1) is 8.22. The van der Waals surface area contributed by atoms with Crippen LogP contribution in [-0.2, 0) is 4.28 Å². The van der Waals surface area contributed by atoms with Crippen LogP contribution in [0.1, 0.15) is 13.8 Å². The van der Waals surface area contributed by atoms with Crippen LogP contribution < -0.4 is 10.6 Å². The van der Waals surface area contributed by atoms with E-state index >= 15 is 0 Å². The Labute approximate surface area is 105 Å². The summed E-state index contributed by atoms with van der Waals surface area (Å²) in [5.74, 6) is 4.30. The van der Waals surface area contributed by atoms with Crippen molar-refractivity contribution in [3.05, 3.63) is 36.4 Å². The van der Waals surface area contributed by atoms with E-state index in [2.05, 4.69) is 18.0 Å². The molecule has 3 N–H and O–H groups in total. The number of quaternary nitrogens is 1. The smallest absolute Gasteiger partial charge is 0.127 e. The maximum atomic E-state index is 5.79. The molecule has 0 aliphatic heterocycles. The fourth-order valence-electron chi connectivity index (χ4n) is 1.75. The summed E-state index contributed by atoms with van der Waals surface area (Å²) >= 11 is 1.27. The first-order valence-corrected chi connectivity index (χ1v) is 6.23. The second-order valence-corrected chi connectivity index (χ2v) is 4.82. The van der Waals surface area contributed by atoms with Crippen LogP contribution in [0, 0.1) is 0 Å². The number of rotatable bonds is 4. The molecule has 3 nitrogen and oxygen atoms in total. The Kier molecular flexibility index (Phi) is 3.89. The van der Waals surface area contributed by atoms with E-state index in [0.29, 0.717) is 0 Å². The zero-order valence-corrected chi connectivity index (χ0v) is 10.8. The summed E-state index contributed by atoms with van der Waals surface area (Å²) in [5, 5.41) is 2.22. The molecule has 0 fully saturated rings. The van der Waals surface area contributed by atoms with E-state index in [9.17, 15) is 0 Å². The van der Waals surface area contributed by atoms with Crippen LogP contribution in [0.5, 0.6) is 5.75 Å². The summed E-state index contributed by atoms with van der Waals surface area (Å²) in [6, 6.07) is 12.1. The van der Waals surface area contributed by atoms with Gasteiger partial charge in [-0.3, -0.25) is 0 Å². The molecule has 0 atom stereocenters. The van der Waals surface area contributed by atoms with Crippen molar-refractivity contribution in [2.75, 3.05) is 0 Å². The van der Waals surface area contributed by atoms with Gasteiger partial charge in [0.1, 0.15) is 5.75 Å². The van der Waals surface area contributed by atoms with Gasteiger partial charge in [0, 0.05) is 15.7 Å². The largest absolute Gasteiger partial charge is 0.490 e. The zero-order chi connectivity index (χ0) is 12.3. The molecule has 0 unspecified atom stereocenters. The lowest BCUT2D eigenvalue weighted by molar-refractivity contribution is -0.630. The molecule has 0 aromatic heterocycles. The molecule has 0 saturated carbocycles. The predicted molar refractivity (Wildman–Crippen MR) is 69.5 cm³/mol. The fraction of sp³-hybridized carbons (Fsp3) is 0.231. The standard InChI is InChI=1S/C13H16NO2S/c1-9(2)15-12-7-3-6-11-10(12)5-4-8-13(11)17-16-14/h3-9H,1-2,14H3/q+1. The molecular formula is C13H16NO2S+. The molecule has 0 heterocycles. The third kappa shape index (κ3) is 2.72. The average molecular weight is 250 g/mol. The Morgan fingerprint density at radius 3 is 2.47 bits per heavy atom. The Morgan fingerprint density at radius 1 is 1.06 bits per heavy atom. The minimum atomic E-state index is 0.168. The maximum absolute atomic E-state index is 5.79. The first kappa shape index (κ1) is 12.2. The first-order valence-electron chi connectivity index (χ1n) is 5.49. The fourth-order valence-corrected chi connectivity index (χ4v) is 2.27. The van der Waals surface area contributed by atoms with E-state index in [0.717, 1.165) is 21.4 Å². The van der Waals surface area contributed by atoms with E-state index < -0.39 is 0 Å². The van der Waals surface area contributed by atoms with Crippen LogP contribution in [0.3, 0.4) is 0 Å². The van der Waals surface area contributed by atoms with Crippen LogP contribution in [-0.4, -0.2) is 6.10 Å². The molecule has 2 aromatic rings. The second kappa shape index (κ2) is 5.40. The Morgan fingerprint density at radius 2 is 1.76 bits per heavy atom. The van der Waals surface area contributed by atoms with Crippen molar-refractivity contribution in [1.29, 1.82) is 0 Å². The second-order valence-electron chi connectivity index (χ2n) is 3.98. The molecule has 0 aliphatic rings. The highest BCUT2D eigenvalue weighted by Crippen LogP contribution is 2.33. The van der Waals surface area contributed by atoms with Crippen LogP contribution in [0.2, 0.25) is 0 Å². The molecule has 0 radical (unpaired) electrons. The minimum absolute atomic E-state index is 0.168. The van der Waals surface area contributed by atoms with Gasteiger partial charge < -0.3 is 4.74 Å². The van der Waals surface area contributed by atoms with Gasteiger partial charge in [-0.05, 0) is 26.0 Å². The SMILES string of the molecule is CC(C)Oc1cccc2c(SO[NH3+])cccc12. The molecule has 0 bridgehead atoms. The van der Waals surface area contributed by atoms with Gasteiger partial charge in [0.25, 0.3) is 0 Å². The van der Waals surface area contributed by atoms with Gasteiger partial charge in [-0.25, -0.2) is 0 Å². The van der Waals surface area contributed by atoms with Crippen molar-refractivity contribution >= 4 is 22.8 Å². The highest BCUT2D eigenvalue weighted by molar-refractivity contribution is 7.94. The van der Waals surface area contributed by atoms with E-state index in [1.165, 1.54) is 12.0 Å². The molecule has 0 amide bonds. The summed E-state index contributed by atoms with van der Waals surface area (Å²) in [6.07, 6.45) is 0.168.